The molecule has 106 valence electrons. The molecule has 1 aliphatic rings. The minimum absolute atomic E-state index is 0.0903. The molecule has 0 aromatic heterocycles. The molecule has 0 atom stereocenters. The third-order valence-electron chi connectivity index (χ3n) is 3.12. The molecule has 20 heavy (non-hydrogen) atoms. The Morgan fingerprint density at radius 1 is 1.35 bits per heavy atom. The first-order chi connectivity index (χ1) is 9.33. The van der Waals surface area contributed by atoms with Gasteiger partial charge in [0.1, 0.15) is 5.54 Å². The summed E-state index contributed by atoms with van der Waals surface area (Å²) in [5.41, 5.74) is 0.758. The lowest BCUT2D eigenvalue weighted by Crippen LogP contribution is -2.50. The molecule has 1 heterocycles. The molecule has 0 aliphatic carbocycles. The van der Waals surface area contributed by atoms with Crippen LogP contribution in [0, 0.1) is 0 Å². The Bertz CT molecular complexity index is 593. The summed E-state index contributed by atoms with van der Waals surface area (Å²) in [6.07, 6.45) is 0.324. The second kappa shape index (κ2) is 4.96. The number of esters is 1. The van der Waals surface area contributed by atoms with E-state index in [1.54, 1.807) is 32.0 Å². The van der Waals surface area contributed by atoms with Crippen LogP contribution in [0.2, 0.25) is 0 Å². The number of fused-ring (bicyclic) bond motifs is 1. The first-order valence-electron chi connectivity index (χ1n) is 6.17. The normalized spacial score (nSPS) is 13.4. The minimum atomic E-state index is -1.12. The van der Waals surface area contributed by atoms with Crippen molar-refractivity contribution in [3.05, 3.63) is 29.3 Å². The van der Waals surface area contributed by atoms with Crippen LogP contribution in [-0.2, 0) is 20.7 Å². The van der Waals surface area contributed by atoms with Crippen LogP contribution in [0.25, 0.3) is 0 Å². The van der Waals surface area contributed by atoms with Crippen molar-refractivity contribution in [1.29, 1.82) is 0 Å². The summed E-state index contributed by atoms with van der Waals surface area (Å²) in [4.78, 5) is 34.9. The van der Waals surface area contributed by atoms with Gasteiger partial charge in [-0.15, -0.1) is 0 Å². The van der Waals surface area contributed by atoms with E-state index in [4.69, 9.17) is 0 Å². The van der Waals surface area contributed by atoms with Crippen LogP contribution in [0.5, 0.6) is 0 Å². The average molecular weight is 276 g/mol. The second-order valence-electron chi connectivity index (χ2n) is 5.17. The number of carbonyl (C=O) groups excluding carboxylic acids is 3. The summed E-state index contributed by atoms with van der Waals surface area (Å²) < 4.78 is 4.63. The second-order valence-corrected chi connectivity index (χ2v) is 5.17. The largest absolute Gasteiger partial charge is 0.467 e. The van der Waals surface area contributed by atoms with Crippen molar-refractivity contribution in [3.63, 3.8) is 0 Å². The van der Waals surface area contributed by atoms with Crippen molar-refractivity contribution < 1.29 is 19.1 Å². The maximum atomic E-state index is 12.1. The summed E-state index contributed by atoms with van der Waals surface area (Å²) in [7, 11) is 1.27. The fourth-order valence-corrected chi connectivity index (χ4v) is 2.02. The van der Waals surface area contributed by atoms with Gasteiger partial charge in [-0.1, -0.05) is 6.07 Å². The van der Waals surface area contributed by atoms with E-state index in [-0.39, 0.29) is 5.91 Å². The van der Waals surface area contributed by atoms with Crippen LogP contribution < -0.4 is 10.6 Å². The zero-order valence-corrected chi connectivity index (χ0v) is 11.6. The molecule has 2 rings (SSSR count). The Kier molecular flexibility index (Phi) is 3.48. The number of ether oxygens (including phenoxy) is 1. The van der Waals surface area contributed by atoms with Crippen LogP contribution in [-0.4, -0.2) is 30.4 Å². The number of rotatable bonds is 3. The van der Waals surface area contributed by atoms with Crippen LogP contribution >= 0.6 is 0 Å². The number of amides is 2. The van der Waals surface area contributed by atoms with Crippen molar-refractivity contribution in [2.45, 2.75) is 25.8 Å². The van der Waals surface area contributed by atoms with Crippen molar-refractivity contribution in [3.8, 4) is 0 Å². The number of methoxy groups -OCH3 is 1. The van der Waals surface area contributed by atoms with Crippen molar-refractivity contribution in [2.24, 2.45) is 0 Å². The Labute approximate surface area is 116 Å². The fraction of sp³-hybridized carbons (Fsp3) is 0.357. The summed E-state index contributed by atoms with van der Waals surface area (Å²) >= 11 is 0. The molecule has 0 saturated heterocycles. The molecule has 0 saturated carbocycles. The summed E-state index contributed by atoms with van der Waals surface area (Å²) in [6, 6.07) is 4.96. The maximum absolute atomic E-state index is 12.1. The zero-order chi connectivity index (χ0) is 14.9. The number of carbonyl (C=O) groups is 3. The Morgan fingerprint density at radius 2 is 2.05 bits per heavy atom. The van der Waals surface area contributed by atoms with Crippen LogP contribution in [0.4, 0.5) is 5.69 Å². The van der Waals surface area contributed by atoms with Crippen molar-refractivity contribution >= 4 is 23.5 Å². The van der Waals surface area contributed by atoms with E-state index in [9.17, 15) is 14.4 Å². The molecule has 0 bridgehead atoms. The lowest BCUT2D eigenvalue weighted by Gasteiger charge is -2.23. The predicted octanol–water partition coefficient (Wildman–Crippen LogP) is 0.863. The molecule has 2 N–H and O–H groups in total. The van der Waals surface area contributed by atoms with Gasteiger partial charge in [0.05, 0.1) is 13.5 Å². The van der Waals surface area contributed by atoms with Gasteiger partial charge in [0.25, 0.3) is 5.91 Å². The monoisotopic (exact) mass is 276 g/mol. The minimum Gasteiger partial charge on any atom is -0.467 e. The zero-order valence-electron chi connectivity index (χ0n) is 11.6. The molecule has 2 amide bonds. The van der Waals surface area contributed by atoms with E-state index in [1.807, 2.05) is 0 Å². The molecular formula is C14H16N2O4. The van der Waals surface area contributed by atoms with Crippen LogP contribution in [0.3, 0.4) is 0 Å². The lowest BCUT2D eigenvalue weighted by atomic mass is 10.0. The number of benzene rings is 1. The third kappa shape index (κ3) is 2.64. The highest BCUT2D eigenvalue weighted by molar-refractivity contribution is 6.03. The first-order valence-corrected chi connectivity index (χ1v) is 6.17. The summed E-state index contributed by atoms with van der Waals surface area (Å²) in [6.45, 7) is 3.12. The summed E-state index contributed by atoms with van der Waals surface area (Å²) in [5, 5.41) is 5.28. The molecule has 1 aromatic carbocycles. The first kappa shape index (κ1) is 14.0. The number of nitrogens with one attached hydrogen (secondary N) is 2. The predicted molar refractivity (Wildman–Crippen MR) is 72.3 cm³/mol. The highest BCUT2D eigenvalue weighted by Crippen LogP contribution is 2.24. The molecule has 1 aromatic rings. The lowest BCUT2D eigenvalue weighted by molar-refractivity contribution is -0.146. The SMILES string of the molecule is COC(=O)C(C)(C)NC(=O)c1ccc2c(c1)NC(=O)C2. The van der Waals surface area contributed by atoms with Crippen LogP contribution in [0.15, 0.2) is 18.2 Å². The van der Waals surface area contributed by atoms with Gasteiger partial charge in [0.15, 0.2) is 0 Å². The Hall–Kier alpha value is -2.37. The molecule has 6 nitrogen and oxygen atoms in total. The van der Waals surface area contributed by atoms with Gasteiger partial charge in [-0.2, -0.15) is 0 Å². The smallest absolute Gasteiger partial charge is 0.330 e. The quantitative estimate of drug-likeness (QED) is 0.802. The van der Waals surface area contributed by atoms with E-state index in [2.05, 4.69) is 15.4 Å². The molecule has 0 radical (unpaired) electrons. The molecule has 6 heteroatoms. The van der Waals surface area contributed by atoms with E-state index < -0.39 is 17.4 Å². The highest BCUT2D eigenvalue weighted by atomic mass is 16.5. The van der Waals surface area contributed by atoms with Crippen LogP contribution in [0.1, 0.15) is 29.8 Å². The van der Waals surface area contributed by atoms with Gasteiger partial charge in [-0.3, -0.25) is 9.59 Å². The molecule has 1 aliphatic heterocycles. The molecule has 0 fully saturated rings. The van der Waals surface area contributed by atoms with E-state index in [0.717, 1.165) is 5.56 Å². The standard InChI is InChI=1S/C14H16N2O4/c1-14(2,13(19)20-3)16-12(18)9-5-4-8-7-11(17)15-10(8)6-9/h4-6H,7H2,1-3H3,(H,15,17)(H,16,18). The Balaban J connectivity index is 2.17. The topological polar surface area (TPSA) is 84.5 Å². The summed E-state index contributed by atoms with van der Waals surface area (Å²) in [5.74, 6) is -1.02. The van der Waals surface area contributed by atoms with Gasteiger partial charge in [-0.25, -0.2) is 4.79 Å². The number of hydrogen-bond acceptors (Lipinski definition) is 4. The van der Waals surface area contributed by atoms with Gasteiger partial charge in [0, 0.05) is 11.3 Å². The fourth-order valence-electron chi connectivity index (χ4n) is 2.02. The Morgan fingerprint density at radius 3 is 2.70 bits per heavy atom. The number of anilines is 1. The van der Waals surface area contributed by atoms with Gasteiger partial charge in [0.2, 0.25) is 5.91 Å². The number of hydrogen-bond donors (Lipinski definition) is 2. The van der Waals surface area contributed by atoms with E-state index >= 15 is 0 Å². The van der Waals surface area contributed by atoms with Gasteiger partial charge < -0.3 is 15.4 Å². The average Bonchev–Trinajstić information content (AvgIpc) is 2.75. The third-order valence-corrected chi connectivity index (χ3v) is 3.12. The molecular weight excluding hydrogens is 260 g/mol. The van der Waals surface area contributed by atoms with E-state index in [0.29, 0.717) is 17.7 Å². The van der Waals surface area contributed by atoms with Crippen molar-refractivity contribution in [2.75, 3.05) is 12.4 Å². The van der Waals surface area contributed by atoms with Crippen molar-refractivity contribution in [1.82, 2.24) is 5.32 Å². The molecule has 0 unspecified atom stereocenters. The van der Waals surface area contributed by atoms with E-state index in [1.165, 1.54) is 7.11 Å². The maximum Gasteiger partial charge on any atom is 0.330 e. The highest BCUT2D eigenvalue weighted by Gasteiger charge is 2.31. The van der Waals surface area contributed by atoms with Gasteiger partial charge >= 0.3 is 5.97 Å². The van der Waals surface area contributed by atoms with Gasteiger partial charge in [-0.05, 0) is 31.5 Å². The molecule has 0 spiro atoms.